The van der Waals surface area contributed by atoms with E-state index in [1.807, 2.05) is 0 Å². The first-order valence-corrected chi connectivity index (χ1v) is 4.91. The minimum atomic E-state index is 0.157. The Bertz CT molecular complexity index is 490. The van der Waals surface area contributed by atoms with Gasteiger partial charge in [-0.1, -0.05) is 5.16 Å². The fourth-order valence-corrected chi connectivity index (χ4v) is 1.55. The third-order valence-electron chi connectivity index (χ3n) is 1.93. The minimum Gasteiger partial charge on any atom is -0.508 e. The third-order valence-corrected chi connectivity index (χ3v) is 2.50. The van der Waals surface area contributed by atoms with Gasteiger partial charge in [0.2, 0.25) is 0 Å². The number of carbonyl (C=O) groups excluding carboxylic acids is 1. The highest BCUT2D eigenvalue weighted by Gasteiger charge is 2.14. The van der Waals surface area contributed by atoms with Crippen molar-refractivity contribution in [2.24, 2.45) is 0 Å². The van der Waals surface area contributed by atoms with Crippen LogP contribution in [0.3, 0.4) is 0 Å². The minimum absolute atomic E-state index is 0.157. The first-order chi connectivity index (χ1) is 7.22. The Hall–Kier alpha value is -1.62. The van der Waals surface area contributed by atoms with Gasteiger partial charge in [0, 0.05) is 5.56 Å². The number of carbonyl (C=O) groups is 1. The molecule has 0 atom stereocenters. The summed E-state index contributed by atoms with van der Waals surface area (Å²) in [4.78, 5) is 10.8. The molecule has 0 saturated carbocycles. The number of rotatable bonds is 2. The molecule has 4 nitrogen and oxygen atoms in total. The van der Waals surface area contributed by atoms with Crippen molar-refractivity contribution in [3.05, 3.63) is 34.4 Å². The molecule has 1 aromatic heterocycles. The van der Waals surface area contributed by atoms with Crippen LogP contribution in [0.15, 0.2) is 33.4 Å². The van der Waals surface area contributed by atoms with Crippen LogP contribution in [0.2, 0.25) is 0 Å². The van der Waals surface area contributed by atoms with Crippen LogP contribution in [0.5, 0.6) is 5.75 Å². The molecule has 0 saturated heterocycles. The smallest absolute Gasteiger partial charge is 0.178 e. The number of nitrogens with zero attached hydrogens (tertiary/aromatic N) is 1. The molecule has 0 aliphatic rings. The number of hydrogen-bond donors (Lipinski definition) is 1. The molecule has 5 heteroatoms. The van der Waals surface area contributed by atoms with Gasteiger partial charge in [-0.05, 0) is 40.2 Å². The zero-order valence-corrected chi connectivity index (χ0v) is 9.06. The lowest BCUT2D eigenvalue weighted by molar-refractivity contribution is 0.112. The van der Waals surface area contributed by atoms with Crippen molar-refractivity contribution >= 4 is 22.2 Å². The van der Waals surface area contributed by atoms with E-state index in [0.29, 0.717) is 27.8 Å². The monoisotopic (exact) mass is 267 g/mol. The van der Waals surface area contributed by atoms with E-state index in [9.17, 15) is 4.79 Å². The number of phenols is 1. The molecule has 0 spiro atoms. The van der Waals surface area contributed by atoms with Crippen LogP contribution < -0.4 is 0 Å². The summed E-state index contributed by atoms with van der Waals surface area (Å²) in [6.07, 6.45) is 0.669. The summed E-state index contributed by atoms with van der Waals surface area (Å²) in [6, 6.07) is 6.32. The van der Waals surface area contributed by atoms with Crippen LogP contribution in [-0.4, -0.2) is 16.5 Å². The SMILES string of the molecule is O=Cc1c(Br)noc1-c1ccc(O)cc1. The second-order valence-electron chi connectivity index (χ2n) is 2.88. The van der Waals surface area contributed by atoms with Gasteiger partial charge in [-0.15, -0.1) is 0 Å². The maximum Gasteiger partial charge on any atom is 0.178 e. The fourth-order valence-electron chi connectivity index (χ4n) is 1.20. The van der Waals surface area contributed by atoms with Crippen LogP contribution in [0.25, 0.3) is 11.3 Å². The molecule has 0 radical (unpaired) electrons. The van der Waals surface area contributed by atoms with Crippen LogP contribution in [0.1, 0.15) is 10.4 Å². The van der Waals surface area contributed by atoms with Gasteiger partial charge < -0.3 is 9.63 Å². The number of hydrogen-bond acceptors (Lipinski definition) is 4. The van der Waals surface area contributed by atoms with Gasteiger partial charge in [-0.3, -0.25) is 4.79 Å². The van der Waals surface area contributed by atoms with Crippen LogP contribution in [0, 0.1) is 0 Å². The van der Waals surface area contributed by atoms with E-state index >= 15 is 0 Å². The molecule has 0 aliphatic carbocycles. The zero-order chi connectivity index (χ0) is 10.8. The number of aromatic nitrogens is 1. The Morgan fingerprint density at radius 1 is 1.33 bits per heavy atom. The van der Waals surface area contributed by atoms with E-state index in [-0.39, 0.29) is 5.75 Å². The summed E-state index contributed by atoms with van der Waals surface area (Å²) in [5, 5.41) is 12.7. The van der Waals surface area contributed by atoms with Gasteiger partial charge in [-0.2, -0.15) is 0 Å². The molecule has 1 heterocycles. The summed E-state index contributed by atoms with van der Waals surface area (Å²) in [5.74, 6) is 0.543. The number of benzene rings is 1. The van der Waals surface area contributed by atoms with Crippen molar-refractivity contribution < 1.29 is 14.4 Å². The van der Waals surface area contributed by atoms with E-state index in [2.05, 4.69) is 21.1 Å². The van der Waals surface area contributed by atoms with Gasteiger partial charge in [0.05, 0.1) is 5.56 Å². The van der Waals surface area contributed by atoms with Crippen LogP contribution >= 0.6 is 15.9 Å². The predicted octanol–water partition coefficient (Wildman–Crippen LogP) is 2.62. The summed E-state index contributed by atoms with van der Waals surface area (Å²) in [5.41, 5.74) is 1.05. The fraction of sp³-hybridized carbons (Fsp3) is 0. The first-order valence-electron chi connectivity index (χ1n) is 4.12. The normalized spacial score (nSPS) is 10.2. The molecule has 0 amide bonds. The third kappa shape index (κ3) is 1.78. The molecule has 1 aromatic carbocycles. The van der Waals surface area contributed by atoms with Crippen molar-refractivity contribution in [2.75, 3.05) is 0 Å². The number of aldehydes is 1. The lowest BCUT2D eigenvalue weighted by atomic mass is 10.1. The maximum atomic E-state index is 10.8. The maximum absolute atomic E-state index is 10.8. The average Bonchev–Trinajstić information content (AvgIpc) is 2.61. The summed E-state index contributed by atoms with van der Waals surface area (Å²) >= 11 is 3.10. The molecule has 15 heavy (non-hydrogen) atoms. The summed E-state index contributed by atoms with van der Waals surface area (Å²) < 4.78 is 5.38. The van der Waals surface area contributed by atoms with E-state index in [1.165, 1.54) is 12.1 Å². The second kappa shape index (κ2) is 3.86. The molecule has 2 aromatic rings. The topological polar surface area (TPSA) is 63.3 Å². The van der Waals surface area contributed by atoms with Crippen molar-refractivity contribution in [3.8, 4) is 17.1 Å². The van der Waals surface area contributed by atoms with E-state index in [1.54, 1.807) is 12.1 Å². The Balaban J connectivity index is 2.53. The van der Waals surface area contributed by atoms with Crippen molar-refractivity contribution in [1.29, 1.82) is 0 Å². The highest BCUT2D eigenvalue weighted by Crippen LogP contribution is 2.28. The van der Waals surface area contributed by atoms with E-state index in [4.69, 9.17) is 9.63 Å². The van der Waals surface area contributed by atoms with Gasteiger partial charge in [0.15, 0.2) is 16.6 Å². The predicted molar refractivity (Wildman–Crippen MR) is 56.7 cm³/mol. The zero-order valence-electron chi connectivity index (χ0n) is 7.48. The number of aromatic hydroxyl groups is 1. The Morgan fingerprint density at radius 2 is 2.00 bits per heavy atom. The molecular weight excluding hydrogens is 262 g/mol. The van der Waals surface area contributed by atoms with Gasteiger partial charge in [0.25, 0.3) is 0 Å². The Labute approximate surface area is 93.6 Å². The summed E-state index contributed by atoms with van der Waals surface area (Å²) in [7, 11) is 0. The highest BCUT2D eigenvalue weighted by molar-refractivity contribution is 9.10. The average molecular weight is 268 g/mol. The number of phenolic OH excluding ortho intramolecular Hbond substituents is 1. The molecule has 0 aliphatic heterocycles. The largest absolute Gasteiger partial charge is 0.508 e. The van der Waals surface area contributed by atoms with Gasteiger partial charge in [-0.25, -0.2) is 0 Å². The quantitative estimate of drug-likeness (QED) is 0.850. The van der Waals surface area contributed by atoms with Gasteiger partial charge >= 0.3 is 0 Å². The van der Waals surface area contributed by atoms with E-state index < -0.39 is 0 Å². The highest BCUT2D eigenvalue weighted by atomic mass is 79.9. The molecule has 0 fully saturated rings. The van der Waals surface area contributed by atoms with Gasteiger partial charge in [0.1, 0.15) is 5.75 Å². The van der Waals surface area contributed by atoms with Crippen molar-refractivity contribution in [1.82, 2.24) is 5.16 Å². The molecule has 2 rings (SSSR count). The van der Waals surface area contributed by atoms with Crippen molar-refractivity contribution in [3.63, 3.8) is 0 Å². The molecular formula is C10H6BrNO3. The standard InChI is InChI=1S/C10H6BrNO3/c11-10-8(5-13)9(15-12-10)6-1-3-7(14)4-2-6/h1-5,14H. The van der Waals surface area contributed by atoms with Crippen LogP contribution in [0.4, 0.5) is 0 Å². The first kappa shape index (κ1) is 9.92. The second-order valence-corrected chi connectivity index (χ2v) is 3.63. The Morgan fingerprint density at radius 3 is 2.60 bits per heavy atom. The lowest BCUT2D eigenvalue weighted by Crippen LogP contribution is -1.82. The van der Waals surface area contributed by atoms with E-state index in [0.717, 1.165) is 0 Å². The molecule has 76 valence electrons. The summed E-state index contributed by atoms with van der Waals surface area (Å²) in [6.45, 7) is 0. The van der Waals surface area contributed by atoms with Crippen molar-refractivity contribution in [2.45, 2.75) is 0 Å². The number of halogens is 1. The lowest BCUT2D eigenvalue weighted by Gasteiger charge is -1.96. The Kier molecular flexibility index (Phi) is 2.55. The van der Waals surface area contributed by atoms with Crippen LogP contribution in [-0.2, 0) is 0 Å². The molecule has 1 N–H and O–H groups in total. The molecule has 0 bridgehead atoms. The molecule has 0 unspecified atom stereocenters.